The molecule has 19 heavy (non-hydrogen) atoms. The van der Waals surface area contributed by atoms with Crippen molar-refractivity contribution in [3.05, 3.63) is 17.8 Å². The van der Waals surface area contributed by atoms with Gasteiger partial charge in [0.2, 0.25) is 5.91 Å². The molecule has 1 spiro atoms. The second-order valence-electron chi connectivity index (χ2n) is 6.12. The second kappa shape index (κ2) is 4.51. The van der Waals surface area contributed by atoms with Crippen molar-refractivity contribution in [2.45, 2.75) is 39.5 Å². The molecule has 1 aliphatic heterocycles. The smallest absolute Gasteiger partial charge is 0.232 e. The van der Waals surface area contributed by atoms with Gasteiger partial charge in [0.1, 0.15) is 5.82 Å². The lowest BCUT2D eigenvalue weighted by atomic mass is 9.70. The van der Waals surface area contributed by atoms with Gasteiger partial charge in [-0.05, 0) is 50.7 Å². The molecule has 0 atom stereocenters. The highest BCUT2D eigenvalue weighted by atomic mass is 16.2. The summed E-state index contributed by atoms with van der Waals surface area (Å²) >= 11 is 0. The van der Waals surface area contributed by atoms with Crippen LogP contribution in [0.1, 0.15) is 38.3 Å². The van der Waals surface area contributed by atoms with Crippen LogP contribution in [0.5, 0.6) is 0 Å². The predicted molar refractivity (Wildman–Crippen MR) is 76.2 cm³/mol. The minimum Gasteiger partial charge on any atom is -0.367 e. The van der Waals surface area contributed by atoms with Crippen LogP contribution in [0.4, 0.5) is 11.5 Å². The van der Waals surface area contributed by atoms with Crippen molar-refractivity contribution in [2.75, 3.05) is 17.2 Å². The van der Waals surface area contributed by atoms with Gasteiger partial charge in [-0.1, -0.05) is 6.92 Å². The Bertz CT molecular complexity index is 504. The number of rotatable bonds is 0. The van der Waals surface area contributed by atoms with Crippen LogP contribution in [-0.4, -0.2) is 17.4 Å². The molecular formula is C15H21N3O. The molecule has 1 saturated carbocycles. The normalized spacial score (nSPS) is 30.2. The molecule has 0 saturated heterocycles. The zero-order chi connectivity index (χ0) is 13.5. The summed E-state index contributed by atoms with van der Waals surface area (Å²) < 4.78 is 0. The lowest BCUT2D eigenvalue weighted by molar-refractivity contribution is -0.126. The highest BCUT2D eigenvalue weighted by Crippen LogP contribution is 2.42. The number of aryl methyl sites for hydroxylation is 1. The summed E-state index contributed by atoms with van der Waals surface area (Å²) in [5, 5.41) is 6.44. The maximum absolute atomic E-state index is 12.6. The zero-order valence-electron chi connectivity index (χ0n) is 11.6. The van der Waals surface area contributed by atoms with E-state index in [4.69, 9.17) is 0 Å². The SMILES string of the molecule is Cc1ccc2c(n1)NCC1(CCC(C)CC1)C(=O)N2. The Morgan fingerprint density at radius 1 is 1.32 bits per heavy atom. The standard InChI is InChI=1S/C15H21N3O/c1-10-5-7-15(8-6-10)9-16-13-12(18-14(15)19)4-3-11(2)17-13/h3-4,10H,5-9H2,1-2H3,(H,16,17)(H,18,19). The van der Waals surface area contributed by atoms with Gasteiger partial charge in [0, 0.05) is 12.2 Å². The van der Waals surface area contributed by atoms with Crippen molar-refractivity contribution in [3.8, 4) is 0 Å². The van der Waals surface area contributed by atoms with Crippen molar-refractivity contribution in [3.63, 3.8) is 0 Å². The highest BCUT2D eigenvalue weighted by molar-refractivity contribution is 5.99. The van der Waals surface area contributed by atoms with Crippen LogP contribution in [-0.2, 0) is 4.79 Å². The zero-order valence-corrected chi connectivity index (χ0v) is 11.6. The molecule has 1 aromatic rings. The summed E-state index contributed by atoms with van der Waals surface area (Å²) in [5.74, 6) is 1.71. The number of pyridine rings is 1. The fourth-order valence-corrected chi connectivity index (χ4v) is 3.10. The Morgan fingerprint density at radius 3 is 2.79 bits per heavy atom. The van der Waals surface area contributed by atoms with E-state index in [1.807, 2.05) is 19.1 Å². The van der Waals surface area contributed by atoms with E-state index < -0.39 is 0 Å². The number of fused-ring (bicyclic) bond motifs is 1. The topological polar surface area (TPSA) is 54.0 Å². The molecular weight excluding hydrogens is 238 g/mol. The van der Waals surface area contributed by atoms with Gasteiger partial charge in [-0.25, -0.2) is 4.98 Å². The van der Waals surface area contributed by atoms with Crippen molar-refractivity contribution in [2.24, 2.45) is 11.3 Å². The Morgan fingerprint density at radius 2 is 2.05 bits per heavy atom. The number of hydrogen-bond acceptors (Lipinski definition) is 3. The van der Waals surface area contributed by atoms with Crippen LogP contribution in [0.15, 0.2) is 12.1 Å². The van der Waals surface area contributed by atoms with Crippen molar-refractivity contribution < 1.29 is 4.79 Å². The fraction of sp³-hybridized carbons (Fsp3) is 0.600. The molecule has 0 radical (unpaired) electrons. The number of hydrogen-bond donors (Lipinski definition) is 2. The average molecular weight is 259 g/mol. The fourth-order valence-electron chi connectivity index (χ4n) is 3.10. The number of carbonyl (C=O) groups is 1. The van der Waals surface area contributed by atoms with Crippen LogP contribution >= 0.6 is 0 Å². The van der Waals surface area contributed by atoms with Gasteiger partial charge in [0.15, 0.2) is 0 Å². The molecule has 0 bridgehead atoms. The van der Waals surface area contributed by atoms with Gasteiger partial charge in [-0.3, -0.25) is 4.79 Å². The van der Waals surface area contributed by atoms with Gasteiger partial charge in [-0.2, -0.15) is 0 Å². The van der Waals surface area contributed by atoms with E-state index >= 15 is 0 Å². The first-order chi connectivity index (χ1) is 9.09. The predicted octanol–water partition coefficient (Wildman–Crippen LogP) is 2.95. The molecule has 1 amide bonds. The summed E-state index contributed by atoms with van der Waals surface area (Å²) in [4.78, 5) is 17.0. The summed E-state index contributed by atoms with van der Waals surface area (Å²) in [7, 11) is 0. The highest BCUT2D eigenvalue weighted by Gasteiger charge is 2.42. The summed E-state index contributed by atoms with van der Waals surface area (Å²) in [6.45, 7) is 4.94. The molecule has 4 heteroatoms. The number of aromatic nitrogens is 1. The Labute approximate surface area is 114 Å². The quantitative estimate of drug-likeness (QED) is 0.753. The summed E-state index contributed by atoms with van der Waals surface area (Å²) in [6, 6.07) is 3.87. The monoisotopic (exact) mass is 259 g/mol. The maximum atomic E-state index is 12.6. The minimum atomic E-state index is -0.249. The van der Waals surface area contributed by atoms with Crippen LogP contribution in [0, 0.1) is 18.3 Å². The lowest BCUT2D eigenvalue weighted by Gasteiger charge is -2.36. The van der Waals surface area contributed by atoms with Gasteiger partial charge in [-0.15, -0.1) is 0 Å². The Hall–Kier alpha value is -1.58. The van der Waals surface area contributed by atoms with E-state index in [1.54, 1.807) is 0 Å². The molecule has 0 unspecified atom stereocenters. The second-order valence-corrected chi connectivity index (χ2v) is 6.12. The van der Waals surface area contributed by atoms with E-state index in [-0.39, 0.29) is 11.3 Å². The molecule has 3 rings (SSSR count). The largest absolute Gasteiger partial charge is 0.367 e. The van der Waals surface area contributed by atoms with Gasteiger partial charge < -0.3 is 10.6 Å². The van der Waals surface area contributed by atoms with Gasteiger partial charge in [0.05, 0.1) is 11.1 Å². The molecule has 2 aliphatic rings. The van der Waals surface area contributed by atoms with Gasteiger partial charge >= 0.3 is 0 Å². The van der Waals surface area contributed by atoms with E-state index in [0.717, 1.165) is 48.8 Å². The third-order valence-corrected chi connectivity index (χ3v) is 4.59. The van der Waals surface area contributed by atoms with Crippen molar-refractivity contribution >= 4 is 17.4 Å². The summed E-state index contributed by atoms with van der Waals surface area (Å²) in [6.07, 6.45) is 4.22. The van der Waals surface area contributed by atoms with E-state index in [2.05, 4.69) is 22.5 Å². The van der Waals surface area contributed by atoms with E-state index in [9.17, 15) is 4.79 Å². The summed E-state index contributed by atoms with van der Waals surface area (Å²) in [5.41, 5.74) is 1.53. The first kappa shape index (κ1) is 12.5. The molecule has 4 nitrogen and oxygen atoms in total. The number of carbonyl (C=O) groups excluding carboxylic acids is 1. The molecule has 1 aliphatic carbocycles. The van der Waals surface area contributed by atoms with E-state index in [1.165, 1.54) is 0 Å². The molecule has 102 valence electrons. The number of amides is 1. The Balaban J connectivity index is 1.88. The molecule has 1 fully saturated rings. The Kier molecular flexibility index (Phi) is 2.96. The number of anilines is 2. The lowest BCUT2D eigenvalue weighted by Crippen LogP contribution is -2.42. The molecule has 2 N–H and O–H groups in total. The van der Waals surface area contributed by atoms with Gasteiger partial charge in [0.25, 0.3) is 0 Å². The maximum Gasteiger partial charge on any atom is 0.232 e. The van der Waals surface area contributed by atoms with Crippen LogP contribution in [0.2, 0.25) is 0 Å². The van der Waals surface area contributed by atoms with Crippen molar-refractivity contribution in [1.82, 2.24) is 4.98 Å². The van der Waals surface area contributed by atoms with Crippen LogP contribution in [0.3, 0.4) is 0 Å². The van der Waals surface area contributed by atoms with Crippen LogP contribution < -0.4 is 10.6 Å². The molecule has 0 aromatic carbocycles. The molecule has 2 heterocycles. The number of nitrogens with one attached hydrogen (secondary N) is 2. The van der Waals surface area contributed by atoms with Crippen molar-refractivity contribution in [1.29, 1.82) is 0 Å². The third-order valence-electron chi connectivity index (χ3n) is 4.59. The number of nitrogens with zero attached hydrogens (tertiary/aromatic N) is 1. The van der Waals surface area contributed by atoms with Crippen LogP contribution in [0.25, 0.3) is 0 Å². The first-order valence-electron chi connectivity index (χ1n) is 7.12. The van der Waals surface area contributed by atoms with E-state index in [0.29, 0.717) is 6.54 Å². The first-order valence-corrected chi connectivity index (χ1v) is 7.12. The third kappa shape index (κ3) is 2.20. The minimum absolute atomic E-state index is 0.163. The average Bonchev–Trinajstić information content (AvgIpc) is 2.52. The molecule has 1 aromatic heterocycles.